The smallest absolute Gasteiger partial charge is 0.131 e. The minimum atomic E-state index is -0.0406. The van der Waals surface area contributed by atoms with Gasteiger partial charge in [0.2, 0.25) is 0 Å². The van der Waals surface area contributed by atoms with Crippen LogP contribution in [0.25, 0.3) is 0 Å². The second kappa shape index (κ2) is 5.12. The summed E-state index contributed by atoms with van der Waals surface area (Å²) < 4.78 is 5.97. The molecule has 0 bridgehead atoms. The number of carbonyl (C=O) groups excluding carboxylic acids is 1. The van der Waals surface area contributed by atoms with Crippen LogP contribution in [0.5, 0.6) is 11.5 Å². The highest BCUT2D eigenvalue weighted by Crippen LogP contribution is 2.48. The van der Waals surface area contributed by atoms with E-state index in [4.69, 9.17) is 4.74 Å². The lowest BCUT2D eigenvalue weighted by molar-refractivity contribution is -0.112. The highest BCUT2D eigenvalue weighted by atomic mass is 16.5. The van der Waals surface area contributed by atoms with Gasteiger partial charge in [0.25, 0.3) is 0 Å². The molecule has 0 aromatic heterocycles. The summed E-state index contributed by atoms with van der Waals surface area (Å²) >= 11 is 0. The highest BCUT2D eigenvalue weighted by Gasteiger charge is 2.34. The van der Waals surface area contributed by atoms with Gasteiger partial charge in [0, 0.05) is 23.0 Å². The summed E-state index contributed by atoms with van der Waals surface area (Å²) in [6.07, 6.45) is 1.09. The number of para-hydroxylation sites is 2. The molecule has 1 aliphatic rings. The number of aldehydes is 1. The van der Waals surface area contributed by atoms with Crippen LogP contribution in [0.15, 0.2) is 48.5 Å². The summed E-state index contributed by atoms with van der Waals surface area (Å²) in [5.74, 6) is 2.05. The monoisotopic (exact) mass is 266 g/mol. The predicted molar refractivity (Wildman–Crippen MR) is 79.2 cm³/mol. The maximum atomic E-state index is 11.6. The van der Waals surface area contributed by atoms with Crippen molar-refractivity contribution >= 4 is 6.29 Å². The van der Waals surface area contributed by atoms with E-state index in [1.54, 1.807) is 0 Å². The van der Waals surface area contributed by atoms with Crippen LogP contribution in [0.3, 0.4) is 0 Å². The molecule has 0 radical (unpaired) electrons. The van der Waals surface area contributed by atoms with Crippen molar-refractivity contribution in [2.75, 3.05) is 0 Å². The molecular formula is C18H18O2. The Bertz CT molecular complexity index is 585. The van der Waals surface area contributed by atoms with Crippen LogP contribution >= 0.6 is 0 Å². The van der Waals surface area contributed by atoms with E-state index in [0.29, 0.717) is 0 Å². The minimum absolute atomic E-state index is 0.0406. The molecule has 1 atom stereocenters. The van der Waals surface area contributed by atoms with Gasteiger partial charge in [0.15, 0.2) is 0 Å². The zero-order chi connectivity index (χ0) is 14.1. The molecule has 3 rings (SSSR count). The lowest BCUT2D eigenvalue weighted by Crippen LogP contribution is -2.24. The van der Waals surface area contributed by atoms with E-state index in [1.165, 1.54) is 0 Å². The molecule has 0 unspecified atom stereocenters. The van der Waals surface area contributed by atoms with E-state index in [9.17, 15) is 4.79 Å². The van der Waals surface area contributed by atoms with Gasteiger partial charge < -0.3 is 9.53 Å². The van der Waals surface area contributed by atoms with Crippen molar-refractivity contribution in [3.63, 3.8) is 0 Å². The van der Waals surface area contributed by atoms with Gasteiger partial charge in [-0.2, -0.15) is 0 Å². The van der Waals surface area contributed by atoms with E-state index in [1.807, 2.05) is 36.4 Å². The normalized spacial score (nSPS) is 15.2. The Morgan fingerprint density at radius 2 is 1.45 bits per heavy atom. The van der Waals surface area contributed by atoms with Gasteiger partial charge in [-0.15, -0.1) is 0 Å². The largest absolute Gasteiger partial charge is 0.457 e. The minimum Gasteiger partial charge on any atom is -0.457 e. The number of hydrogen-bond acceptors (Lipinski definition) is 2. The fourth-order valence-corrected chi connectivity index (χ4v) is 2.98. The fraction of sp³-hybridized carbons (Fsp3) is 0.278. The average Bonchev–Trinajstić information content (AvgIpc) is 2.47. The number of ether oxygens (including phenoxy) is 1. The van der Waals surface area contributed by atoms with Crippen molar-refractivity contribution in [3.05, 3.63) is 59.7 Å². The molecule has 2 aromatic rings. The van der Waals surface area contributed by atoms with Gasteiger partial charge in [-0.1, -0.05) is 50.2 Å². The second-order valence-electron chi connectivity index (χ2n) is 5.61. The third kappa shape index (κ3) is 2.01. The fourth-order valence-electron chi connectivity index (χ4n) is 2.98. The van der Waals surface area contributed by atoms with E-state index < -0.39 is 0 Å². The maximum absolute atomic E-state index is 11.6. The van der Waals surface area contributed by atoms with E-state index in [0.717, 1.165) is 28.9 Å². The maximum Gasteiger partial charge on any atom is 0.131 e. The number of rotatable bonds is 3. The zero-order valence-corrected chi connectivity index (χ0v) is 11.7. The van der Waals surface area contributed by atoms with Crippen LogP contribution < -0.4 is 4.74 Å². The molecule has 2 aromatic carbocycles. The molecule has 2 heteroatoms. The molecule has 0 saturated heterocycles. The summed E-state index contributed by atoms with van der Waals surface area (Å²) in [5, 5.41) is 0. The summed E-state index contributed by atoms with van der Waals surface area (Å²) in [6, 6.07) is 16.0. The molecule has 2 nitrogen and oxygen atoms in total. The molecule has 0 saturated carbocycles. The van der Waals surface area contributed by atoms with Crippen LogP contribution in [-0.4, -0.2) is 6.29 Å². The highest BCUT2D eigenvalue weighted by molar-refractivity contribution is 5.63. The standard InChI is InChI=1S/C18H18O2/c1-12(2)15(11-19)18-13-7-3-5-9-16(13)20-17-10-6-4-8-14(17)18/h3-12,15,18H,1-2H3/t15-/m0/s1. The molecule has 0 spiro atoms. The molecule has 0 fully saturated rings. The first-order valence-electron chi connectivity index (χ1n) is 7.03. The lowest BCUT2D eigenvalue weighted by Gasteiger charge is -2.33. The third-order valence-electron chi connectivity index (χ3n) is 4.04. The van der Waals surface area contributed by atoms with Crippen molar-refractivity contribution in [1.29, 1.82) is 0 Å². The molecule has 1 aliphatic heterocycles. The second-order valence-corrected chi connectivity index (χ2v) is 5.61. The SMILES string of the molecule is CC(C)[C@H](C=O)C1c2ccccc2Oc2ccccc21. The molecule has 0 N–H and O–H groups in total. The Kier molecular flexibility index (Phi) is 3.31. The van der Waals surface area contributed by atoms with Crippen molar-refractivity contribution in [3.8, 4) is 11.5 Å². The van der Waals surface area contributed by atoms with E-state index in [2.05, 4.69) is 26.0 Å². The molecule has 20 heavy (non-hydrogen) atoms. The van der Waals surface area contributed by atoms with Crippen LogP contribution in [-0.2, 0) is 4.79 Å². The number of fused-ring (bicyclic) bond motifs is 2. The summed E-state index contributed by atoms with van der Waals surface area (Å²) in [4.78, 5) is 11.6. The average molecular weight is 266 g/mol. The summed E-state index contributed by atoms with van der Waals surface area (Å²) in [7, 11) is 0. The zero-order valence-electron chi connectivity index (χ0n) is 11.7. The van der Waals surface area contributed by atoms with Crippen LogP contribution in [0.4, 0.5) is 0 Å². The first kappa shape index (κ1) is 12.9. The van der Waals surface area contributed by atoms with Crippen LogP contribution in [0.1, 0.15) is 30.9 Å². The molecule has 102 valence electrons. The third-order valence-corrected chi connectivity index (χ3v) is 4.04. The Labute approximate surface area is 119 Å². The molecular weight excluding hydrogens is 248 g/mol. The van der Waals surface area contributed by atoms with Crippen LogP contribution in [0.2, 0.25) is 0 Å². The number of carbonyl (C=O) groups is 1. The number of benzene rings is 2. The first-order chi connectivity index (χ1) is 9.72. The van der Waals surface area contributed by atoms with Crippen molar-refractivity contribution in [2.45, 2.75) is 19.8 Å². The Morgan fingerprint density at radius 1 is 0.950 bits per heavy atom. The van der Waals surface area contributed by atoms with Gasteiger partial charge in [-0.3, -0.25) is 0 Å². The Balaban J connectivity index is 2.19. The van der Waals surface area contributed by atoms with Crippen molar-refractivity contribution in [2.24, 2.45) is 11.8 Å². The van der Waals surface area contributed by atoms with Crippen molar-refractivity contribution in [1.82, 2.24) is 0 Å². The Morgan fingerprint density at radius 3 is 1.90 bits per heavy atom. The lowest BCUT2D eigenvalue weighted by atomic mass is 9.74. The van der Waals surface area contributed by atoms with Gasteiger partial charge in [0.1, 0.15) is 17.8 Å². The van der Waals surface area contributed by atoms with E-state index >= 15 is 0 Å². The predicted octanol–water partition coefficient (Wildman–Crippen LogP) is 4.40. The van der Waals surface area contributed by atoms with Crippen molar-refractivity contribution < 1.29 is 9.53 Å². The molecule has 0 amide bonds. The van der Waals surface area contributed by atoms with Gasteiger partial charge in [-0.25, -0.2) is 0 Å². The quantitative estimate of drug-likeness (QED) is 0.770. The molecule has 1 heterocycles. The van der Waals surface area contributed by atoms with Gasteiger partial charge in [0.05, 0.1) is 0 Å². The topological polar surface area (TPSA) is 26.3 Å². The summed E-state index contributed by atoms with van der Waals surface area (Å²) in [6.45, 7) is 4.19. The Hall–Kier alpha value is -2.09. The van der Waals surface area contributed by atoms with Gasteiger partial charge >= 0.3 is 0 Å². The van der Waals surface area contributed by atoms with E-state index in [-0.39, 0.29) is 17.8 Å². The van der Waals surface area contributed by atoms with Gasteiger partial charge in [-0.05, 0) is 18.1 Å². The first-order valence-corrected chi connectivity index (χ1v) is 7.03. The number of hydrogen-bond donors (Lipinski definition) is 0. The summed E-state index contributed by atoms with van der Waals surface area (Å²) in [5.41, 5.74) is 2.22. The van der Waals surface area contributed by atoms with Crippen LogP contribution in [0, 0.1) is 11.8 Å². The molecule has 0 aliphatic carbocycles.